The second kappa shape index (κ2) is 6.18. The molecule has 1 aromatic heterocycles. The van der Waals surface area contributed by atoms with Gasteiger partial charge in [-0.1, -0.05) is 11.6 Å². The van der Waals surface area contributed by atoms with E-state index in [9.17, 15) is 30.7 Å². The van der Waals surface area contributed by atoms with E-state index < -0.39 is 56.1 Å². The molecule has 0 spiro atoms. The molecule has 2 rings (SSSR count). The molecule has 0 bridgehead atoms. The van der Waals surface area contributed by atoms with E-state index in [1.807, 2.05) is 0 Å². The number of nitrogens with zero attached hydrogens (tertiary/aromatic N) is 3. The Balaban J connectivity index is 2.56. The first-order valence-corrected chi connectivity index (χ1v) is 6.94. The van der Waals surface area contributed by atoms with E-state index >= 15 is 0 Å². The molecule has 0 fully saturated rings. The highest BCUT2D eigenvalue weighted by atomic mass is 35.5. The van der Waals surface area contributed by atoms with Crippen LogP contribution in [-0.2, 0) is 6.18 Å². The van der Waals surface area contributed by atoms with Gasteiger partial charge in [-0.2, -0.15) is 36.7 Å². The normalized spacial score (nSPS) is 12.3. The maximum Gasteiger partial charge on any atom is 0.446 e. The Labute approximate surface area is 138 Å². The summed E-state index contributed by atoms with van der Waals surface area (Å²) in [5, 5.41) is 11.5. The number of hydrogen-bond acceptors (Lipinski definition) is 3. The Morgan fingerprint density at radius 2 is 1.79 bits per heavy atom. The summed E-state index contributed by atoms with van der Waals surface area (Å²) >= 11 is 4.94. The number of rotatable bonds is 2. The van der Waals surface area contributed by atoms with E-state index in [1.54, 1.807) is 0 Å². The first-order valence-electron chi connectivity index (χ1n) is 5.74. The summed E-state index contributed by atoms with van der Waals surface area (Å²) in [6.45, 7) is 0. The zero-order valence-electron chi connectivity index (χ0n) is 11.0. The van der Waals surface area contributed by atoms with Gasteiger partial charge in [0.25, 0.3) is 0 Å². The third-order valence-electron chi connectivity index (χ3n) is 2.59. The molecule has 0 aliphatic rings. The van der Waals surface area contributed by atoms with Crippen molar-refractivity contribution in [2.75, 3.05) is 0 Å². The molecule has 0 N–H and O–H groups in total. The molecule has 0 atom stereocenters. The molecule has 128 valence electrons. The lowest BCUT2D eigenvalue weighted by Crippen LogP contribution is -2.08. The molecule has 0 aliphatic carbocycles. The average Bonchev–Trinajstić information content (AvgIpc) is 2.77. The van der Waals surface area contributed by atoms with Crippen molar-refractivity contribution in [1.82, 2.24) is 9.78 Å². The van der Waals surface area contributed by atoms with Crippen molar-refractivity contribution in [2.24, 2.45) is 0 Å². The van der Waals surface area contributed by atoms with E-state index in [4.69, 9.17) is 16.9 Å². The van der Waals surface area contributed by atoms with Crippen LogP contribution in [0.3, 0.4) is 0 Å². The molecule has 0 saturated heterocycles. The van der Waals surface area contributed by atoms with E-state index in [-0.39, 0.29) is 6.07 Å². The van der Waals surface area contributed by atoms with Crippen LogP contribution in [0, 0.1) is 17.1 Å². The zero-order valence-corrected chi connectivity index (χ0v) is 12.6. The van der Waals surface area contributed by atoms with Crippen molar-refractivity contribution in [3.8, 4) is 11.8 Å². The fraction of sp³-hybridized carbons (Fsp3) is 0.167. The van der Waals surface area contributed by atoms with Gasteiger partial charge in [-0.25, -0.2) is 9.07 Å². The summed E-state index contributed by atoms with van der Waals surface area (Å²) in [5.74, 6) is -1.45. The molecule has 24 heavy (non-hydrogen) atoms. The van der Waals surface area contributed by atoms with Gasteiger partial charge < -0.3 is 0 Å². The van der Waals surface area contributed by atoms with Gasteiger partial charge in [-0.3, -0.25) is 0 Å². The first-order chi connectivity index (χ1) is 10.9. The molecule has 1 heterocycles. The highest BCUT2D eigenvalue weighted by molar-refractivity contribution is 8.00. The van der Waals surface area contributed by atoms with Crippen molar-refractivity contribution in [3.63, 3.8) is 0 Å². The maximum atomic E-state index is 14.0. The standard InChI is InChI=1S/C12H3ClF7N3S/c13-6-1-5(11(15,16)17)2-7(14)10(6)23-4-9(8(3-21)22-23)24-12(18,19)20/h1-2,4H. The van der Waals surface area contributed by atoms with Crippen LogP contribution in [0.15, 0.2) is 23.2 Å². The number of benzene rings is 1. The van der Waals surface area contributed by atoms with Crippen LogP contribution in [0.25, 0.3) is 5.69 Å². The molecule has 0 radical (unpaired) electrons. The monoisotopic (exact) mass is 389 g/mol. The van der Waals surface area contributed by atoms with Gasteiger partial charge in [0.05, 0.1) is 15.5 Å². The number of halogens is 8. The molecular weight excluding hydrogens is 387 g/mol. The minimum absolute atomic E-state index is 0.130. The van der Waals surface area contributed by atoms with Gasteiger partial charge in [-0.15, -0.1) is 0 Å². The van der Waals surface area contributed by atoms with Crippen LogP contribution < -0.4 is 0 Å². The molecule has 0 aliphatic heterocycles. The highest BCUT2D eigenvalue weighted by Crippen LogP contribution is 2.40. The fourth-order valence-corrected chi connectivity index (χ4v) is 2.58. The van der Waals surface area contributed by atoms with Crippen LogP contribution in [0.4, 0.5) is 30.7 Å². The summed E-state index contributed by atoms with van der Waals surface area (Å²) in [7, 11) is 0. The van der Waals surface area contributed by atoms with E-state index in [0.29, 0.717) is 16.9 Å². The van der Waals surface area contributed by atoms with Gasteiger partial charge in [0.1, 0.15) is 11.8 Å². The Bertz CT molecular complexity index is 797. The van der Waals surface area contributed by atoms with Crippen LogP contribution in [-0.4, -0.2) is 15.3 Å². The largest absolute Gasteiger partial charge is 0.446 e. The fourth-order valence-electron chi connectivity index (χ4n) is 1.70. The second-order valence-corrected chi connectivity index (χ2v) is 5.75. The Kier molecular flexibility index (Phi) is 4.74. The number of hydrogen-bond donors (Lipinski definition) is 0. The minimum Gasteiger partial charge on any atom is -0.234 e. The summed E-state index contributed by atoms with van der Waals surface area (Å²) in [6.07, 6.45) is -4.20. The van der Waals surface area contributed by atoms with Gasteiger partial charge in [0, 0.05) is 6.20 Å². The van der Waals surface area contributed by atoms with Crippen molar-refractivity contribution in [1.29, 1.82) is 5.26 Å². The molecule has 0 saturated carbocycles. The molecular formula is C12H3ClF7N3S. The Hall–Kier alpha value is -1.93. The number of alkyl halides is 6. The van der Waals surface area contributed by atoms with Crippen LogP contribution in [0.5, 0.6) is 0 Å². The Morgan fingerprint density at radius 3 is 2.25 bits per heavy atom. The lowest BCUT2D eigenvalue weighted by Gasteiger charge is -2.11. The van der Waals surface area contributed by atoms with Crippen molar-refractivity contribution < 1.29 is 30.7 Å². The highest BCUT2D eigenvalue weighted by Gasteiger charge is 2.34. The number of nitriles is 1. The third-order valence-corrected chi connectivity index (χ3v) is 3.62. The molecule has 1 aromatic carbocycles. The molecule has 12 heteroatoms. The van der Waals surface area contributed by atoms with Crippen molar-refractivity contribution in [2.45, 2.75) is 16.6 Å². The SMILES string of the molecule is N#Cc1nn(-c2c(F)cc(C(F)(F)F)cc2Cl)cc1SC(F)(F)F. The Morgan fingerprint density at radius 1 is 1.17 bits per heavy atom. The van der Waals surface area contributed by atoms with E-state index in [1.165, 1.54) is 6.07 Å². The summed E-state index contributed by atoms with van der Waals surface area (Å²) < 4.78 is 89.4. The van der Waals surface area contributed by atoms with Crippen molar-refractivity contribution in [3.05, 3.63) is 40.4 Å². The van der Waals surface area contributed by atoms with Gasteiger partial charge in [0.15, 0.2) is 11.5 Å². The topological polar surface area (TPSA) is 41.6 Å². The predicted octanol–water partition coefficient (Wildman–Crippen LogP) is 5.17. The molecule has 3 nitrogen and oxygen atoms in total. The molecule has 0 unspecified atom stereocenters. The van der Waals surface area contributed by atoms with Gasteiger partial charge in [0.2, 0.25) is 0 Å². The quantitative estimate of drug-likeness (QED) is 0.526. The molecule has 2 aromatic rings. The van der Waals surface area contributed by atoms with Crippen LogP contribution in [0.2, 0.25) is 5.02 Å². The smallest absolute Gasteiger partial charge is 0.234 e. The van der Waals surface area contributed by atoms with Gasteiger partial charge in [-0.05, 0) is 23.9 Å². The summed E-state index contributed by atoms with van der Waals surface area (Å²) in [4.78, 5) is -0.639. The maximum absolute atomic E-state index is 14.0. The summed E-state index contributed by atoms with van der Waals surface area (Å²) in [6, 6.07) is 1.92. The zero-order chi connectivity index (χ0) is 18.3. The lowest BCUT2D eigenvalue weighted by atomic mass is 10.2. The number of thioether (sulfide) groups is 1. The molecule has 0 amide bonds. The lowest BCUT2D eigenvalue weighted by molar-refractivity contribution is -0.137. The van der Waals surface area contributed by atoms with E-state index in [2.05, 4.69) is 5.10 Å². The minimum atomic E-state index is -4.86. The van der Waals surface area contributed by atoms with Crippen LogP contribution >= 0.6 is 23.4 Å². The summed E-state index contributed by atoms with van der Waals surface area (Å²) in [5.41, 5.74) is -7.48. The van der Waals surface area contributed by atoms with Gasteiger partial charge >= 0.3 is 11.7 Å². The van der Waals surface area contributed by atoms with E-state index in [0.717, 1.165) is 0 Å². The van der Waals surface area contributed by atoms with Crippen molar-refractivity contribution >= 4 is 23.4 Å². The number of aromatic nitrogens is 2. The second-order valence-electron chi connectivity index (χ2n) is 4.23. The van der Waals surface area contributed by atoms with Crippen LogP contribution in [0.1, 0.15) is 11.3 Å². The average molecular weight is 390 g/mol. The predicted molar refractivity (Wildman–Crippen MR) is 70.2 cm³/mol. The third kappa shape index (κ3) is 3.93. The first kappa shape index (κ1) is 18.4.